The molecule has 4 N–H and O–H groups in total. The van der Waals surface area contributed by atoms with E-state index in [1.54, 1.807) is 0 Å². The van der Waals surface area contributed by atoms with E-state index < -0.39 is 0 Å². The number of amides is 1. The van der Waals surface area contributed by atoms with Gasteiger partial charge in [0, 0.05) is 47.2 Å². The number of nitrogens with one attached hydrogen (secondary N) is 4. The third-order valence-corrected chi connectivity index (χ3v) is 5.45. The van der Waals surface area contributed by atoms with E-state index in [0.29, 0.717) is 11.4 Å². The van der Waals surface area contributed by atoms with E-state index in [1.807, 2.05) is 67.2 Å². The van der Waals surface area contributed by atoms with E-state index in [0.717, 1.165) is 33.9 Å². The van der Waals surface area contributed by atoms with E-state index in [2.05, 4.69) is 52.3 Å². The molecular formula is C22H28N8O. The molecule has 0 saturated carbocycles. The molecule has 0 spiro atoms. The van der Waals surface area contributed by atoms with Gasteiger partial charge in [-0.3, -0.25) is 19.6 Å². The molecule has 0 fully saturated rings. The summed E-state index contributed by atoms with van der Waals surface area (Å²) >= 11 is 0. The van der Waals surface area contributed by atoms with Crippen LogP contribution in [0.1, 0.15) is 53.6 Å². The highest BCUT2D eigenvalue weighted by Gasteiger charge is 2.21. The normalized spacial score (nSPS) is 13.9. The van der Waals surface area contributed by atoms with Crippen LogP contribution < -0.4 is 21.3 Å². The summed E-state index contributed by atoms with van der Waals surface area (Å²) in [7, 11) is 1.91. The largest absolute Gasteiger partial charge is 0.305 e. The first-order valence-corrected chi connectivity index (χ1v) is 10.1. The number of anilines is 2. The van der Waals surface area contributed by atoms with Gasteiger partial charge < -0.3 is 10.7 Å². The van der Waals surface area contributed by atoms with Crippen molar-refractivity contribution < 1.29 is 4.79 Å². The Balaban J connectivity index is 1.55. The fourth-order valence-corrected chi connectivity index (χ4v) is 3.31. The lowest BCUT2D eigenvalue weighted by Crippen LogP contribution is -2.36. The molecule has 2 aromatic heterocycles. The van der Waals surface area contributed by atoms with Crippen LogP contribution in [0, 0.1) is 13.8 Å². The van der Waals surface area contributed by atoms with Gasteiger partial charge in [-0.2, -0.15) is 10.2 Å². The molecular weight excluding hydrogens is 392 g/mol. The molecule has 0 bridgehead atoms. The summed E-state index contributed by atoms with van der Waals surface area (Å²) in [5.74, 6) is 0.292. The van der Waals surface area contributed by atoms with Crippen LogP contribution in [0.4, 0.5) is 11.5 Å². The minimum absolute atomic E-state index is 0.0713. The maximum absolute atomic E-state index is 12.8. The van der Waals surface area contributed by atoms with Crippen molar-refractivity contribution in [1.29, 1.82) is 0 Å². The van der Waals surface area contributed by atoms with Crippen molar-refractivity contribution in [2.24, 2.45) is 7.05 Å². The van der Waals surface area contributed by atoms with Gasteiger partial charge in [0.2, 0.25) is 0 Å². The van der Waals surface area contributed by atoms with Gasteiger partial charge in [-0.25, -0.2) is 0 Å². The summed E-state index contributed by atoms with van der Waals surface area (Å²) in [4.78, 5) is 12.8. The Bertz CT molecular complexity index is 1160. The van der Waals surface area contributed by atoms with Crippen molar-refractivity contribution in [3.05, 3.63) is 64.7 Å². The Kier molecular flexibility index (Phi) is 5.06. The van der Waals surface area contributed by atoms with E-state index in [4.69, 9.17) is 0 Å². The highest BCUT2D eigenvalue weighted by Crippen LogP contribution is 2.27. The van der Waals surface area contributed by atoms with Gasteiger partial charge in [0.05, 0.1) is 17.6 Å². The summed E-state index contributed by atoms with van der Waals surface area (Å²) in [5, 5.41) is 16.2. The van der Waals surface area contributed by atoms with Crippen LogP contribution in [0.3, 0.4) is 0 Å². The highest BCUT2D eigenvalue weighted by molar-refractivity contribution is 6.04. The molecule has 1 aromatic carbocycles. The lowest BCUT2D eigenvalue weighted by Gasteiger charge is -2.18. The second-order valence-corrected chi connectivity index (χ2v) is 8.79. The van der Waals surface area contributed by atoms with E-state index in [-0.39, 0.29) is 11.3 Å². The number of aryl methyl sites for hydroxylation is 2. The van der Waals surface area contributed by atoms with Crippen LogP contribution in [0.5, 0.6) is 0 Å². The van der Waals surface area contributed by atoms with Crippen LogP contribution in [0.2, 0.25) is 0 Å². The Hall–Kier alpha value is -3.59. The fraction of sp³-hybridized carbons (Fsp3) is 0.318. The molecule has 1 aliphatic rings. The molecule has 4 rings (SSSR count). The molecule has 9 heteroatoms. The quantitative estimate of drug-likeness (QED) is 0.517. The van der Waals surface area contributed by atoms with Gasteiger partial charge in [-0.15, -0.1) is 5.53 Å². The maximum Gasteiger partial charge on any atom is 0.256 e. The van der Waals surface area contributed by atoms with Crippen molar-refractivity contribution in [3.63, 3.8) is 0 Å². The van der Waals surface area contributed by atoms with Gasteiger partial charge in [-0.05, 0) is 31.5 Å². The molecule has 0 saturated heterocycles. The average Bonchev–Trinajstić information content (AvgIpc) is 3.43. The van der Waals surface area contributed by atoms with Crippen molar-refractivity contribution in [2.45, 2.75) is 40.0 Å². The number of aromatic nitrogens is 4. The number of carbonyl (C=O) groups is 1. The molecule has 0 radical (unpaired) electrons. The van der Waals surface area contributed by atoms with E-state index in [1.165, 1.54) is 0 Å². The van der Waals surface area contributed by atoms with E-state index in [9.17, 15) is 4.79 Å². The molecule has 0 atom stereocenters. The zero-order valence-electron chi connectivity index (χ0n) is 18.7. The van der Waals surface area contributed by atoms with Gasteiger partial charge in [0.1, 0.15) is 0 Å². The average molecular weight is 421 g/mol. The van der Waals surface area contributed by atoms with Crippen LogP contribution in [0.15, 0.2) is 36.7 Å². The van der Waals surface area contributed by atoms with Crippen molar-refractivity contribution in [3.8, 4) is 0 Å². The minimum Gasteiger partial charge on any atom is -0.305 e. The summed E-state index contributed by atoms with van der Waals surface area (Å²) in [6.07, 6.45) is 3.78. The topological polar surface area (TPSA) is 103 Å². The number of rotatable bonds is 4. The lowest BCUT2D eigenvalue weighted by atomic mass is 9.92. The van der Waals surface area contributed by atoms with Crippen molar-refractivity contribution in [2.75, 3.05) is 10.3 Å². The minimum atomic E-state index is -0.215. The summed E-state index contributed by atoms with van der Waals surface area (Å²) in [5.41, 5.74) is 12.6. The molecule has 0 aliphatic carbocycles. The smallest absolute Gasteiger partial charge is 0.256 e. The first-order valence-electron chi connectivity index (χ1n) is 10.1. The molecule has 162 valence electrons. The van der Waals surface area contributed by atoms with Crippen LogP contribution in [0.25, 0.3) is 5.70 Å². The van der Waals surface area contributed by atoms with Crippen LogP contribution in [-0.2, 0) is 12.5 Å². The number of aromatic amines is 1. The Morgan fingerprint density at radius 2 is 1.94 bits per heavy atom. The van der Waals surface area contributed by atoms with Gasteiger partial charge >= 0.3 is 0 Å². The number of hydrogen-bond acceptors (Lipinski definition) is 6. The monoisotopic (exact) mass is 420 g/mol. The lowest BCUT2D eigenvalue weighted by molar-refractivity contribution is 0.102. The molecule has 3 aromatic rings. The Morgan fingerprint density at radius 3 is 2.58 bits per heavy atom. The number of hydrazine groups is 2. The van der Waals surface area contributed by atoms with Gasteiger partial charge in [0.15, 0.2) is 5.82 Å². The van der Waals surface area contributed by atoms with Crippen molar-refractivity contribution >= 4 is 23.1 Å². The van der Waals surface area contributed by atoms with Gasteiger partial charge in [0.25, 0.3) is 5.91 Å². The Morgan fingerprint density at radius 1 is 1.16 bits per heavy atom. The van der Waals surface area contributed by atoms with E-state index >= 15 is 0 Å². The second kappa shape index (κ2) is 7.59. The predicted molar refractivity (Wildman–Crippen MR) is 121 cm³/mol. The number of nitrogens with zero attached hydrogens (tertiary/aromatic N) is 4. The molecule has 0 unspecified atom stereocenters. The van der Waals surface area contributed by atoms with Crippen LogP contribution >= 0.6 is 0 Å². The number of benzene rings is 1. The second-order valence-electron chi connectivity index (χ2n) is 8.79. The summed E-state index contributed by atoms with van der Waals surface area (Å²) in [6, 6.07) is 7.46. The highest BCUT2D eigenvalue weighted by atomic mass is 16.1. The first-order chi connectivity index (χ1) is 14.6. The summed E-state index contributed by atoms with van der Waals surface area (Å²) < 4.78 is 1.83. The zero-order chi connectivity index (χ0) is 22.3. The number of carbonyl (C=O) groups excluding carboxylic acids is 1. The third kappa shape index (κ3) is 4.04. The summed E-state index contributed by atoms with van der Waals surface area (Å²) in [6.45, 7) is 10.3. The standard InChI is InChI=1S/C22H28N8O/c1-13-7-8-15(21(31)24-20-10-19(26-27-20)22(3,4)5)9-18(13)30-12-17(25-28-30)16-11-23-29(6)14(16)2/h7-12,25,28H,1-6H3,(H2,24,26,27,31). The molecule has 9 nitrogen and oxygen atoms in total. The first kappa shape index (κ1) is 20.7. The Labute approximate surface area is 181 Å². The molecule has 3 heterocycles. The number of hydrogen-bond donors (Lipinski definition) is 4. The SMILES string of the molecule is Cc1ccc(C(=O)Nc2cc(C(C)(C)C)[nH]n2)cc1N1C=C(c2cnn(C)c2C)NN1. The third-order valence-electron chi connectivity index (χ3n) is 5.45. The maximum atomic E-state index is 12.8. The fourth-order valence-electron chi connectivity index (χ4n) is 3.31. The molecule has 31 heavy (non-hydrogen) atoms. The molecule has 1 aliphatic heterocycles. The predicted octanol–water partition coefficient (Wildman–Crippen LogP) is 3.14. The van der Waals surface area contributed by atoms with Crippen molar-refractivity contribution in [1.82, 2.24) is 30.9 Å². The van der Waals surface area contributed by atoms with Crippen LogP contribution in [-0.4, -0.2) is 25.9 Å². The number of H-pyrrole nitrogens is 1. The molecule has 1 amide bonds. The van der Waals surface area contributed by atoms with Gasteiger partial charge in [-0.1, -0.05) is 26.8 Å². The zero-order valence-corrected chi connectivity index (χ0v) is 18.7.